The van der Waals surface area contributed by atoms with Crippen LogP contribution >= 0.6 is 0 Å². The van der Waals surface area contributed by atoms with E-state index in [1.165, 1.54) is 18.2 Å². The lowest BCUT2D eigenvalue weighted by Crippen LogP contribution is -2.26. The van der Waals surface area contributed by atoms with E-state index in [2.05, 4.69) is 9.71 Å². The Morgan fingerprint density at radius 3 is 2.76 bits per heavy atom. The number of fused-ring (bicyclic) bond motifs is 1. The van der Waals surface area contributed by atoms with E-state index in [1.54, 1.807) is 18.2 Å². The zero-order valence-corrected chi connectivity index (χ0v) is 13.6. The number of nitro groups is 1. The molecule has 0 amide bonds. The minimum Gasteiger partial charge on any atom is -0.408 e. The summed E-state index contributed by atoms with van der Waals surface area (Å²) < 4.78 is 31.7. The van der Waals surface area contributed by atoms with Gasteiger partial charge in [-0.1, -0.05) is 12.1 Å². The van der Waals surface area contributed by atoms with Crippen molar-refractivity contribution in [2.75, 3.05) is 6.54 Å². The lowest BCUT2D eigenvalue weighted by molar-refractivity contribution is -0.385. The SMILES string of the molecule is O=c1[nH]c2cc(CCNS(=O)(=O)c3cccc([N+](=O)[O-])c3)ccc2o1. The van der Waals surface area contributed by atoms with Crippen molar-refractivity contribution in [3.8, 4) is 0 Å². The number of rotatable bonds is 6. The Balaban J connectivity index is 1.70. The summed E-state index contributed by atoms with van der Waals surface area (Å²) in [7, 11) is -3.86. The van der Waals surface area contributed by atoms with Gasteiger partial charge in [-0.3, -0.25) is 15.1 Å². The molecular formula is C15H13N3O6S. The van der Waals surface area contributed by atoms with Crippen molar-refractivity contribution in [1.29, 1.82) is 0 Å². The van der Waals surface area contributed by atoms with Crippen molar-refractivity contribution in [2.24, 2.45) is 0 Å². The smallest absolute Gasteiger partial charge is 0.408 e. The van der Waals surface area contributed by atoms with Crippen LogP contribution < -0.4 is 10.5 Å². The highest BCUT2D eigenvalue weighted by Crippen LogP contribution is 2.17. The molecule has 9 nitrogen and oxygen atoms in total. The molecule has 1 aromatic heterocycles. The van der Waals surface area contributed by atoms with Crippen LogP contribution in [0.4, 0.5) is 5.69 Å². The third kappa shape index (κ3) is 3.75. The molecule has 1 heterocycles. The lowest BCUT2D eigenvalue weighted by atomic mass is 10.1. The van der Waals surface area contributed by atoms with Crippen molar-refractivity contribution >= 4 is 26.8 Å². The van der Waals surface area contributed by atoms with E-state index in [1.807, 2.05) is 0 Å². The number of sulfonamides is 1. The first-order valence-electron chi connectivity index (χ1n) is 7.21. The average Bonchev–Trinajstić information content (AvgIpc) is 2.94. The van der Waals surface area contributed by atoms with Gasteiger partial charge in [-0.05, 0) is 30.2 Å². The molecule has 3 rings (SSSR count). The second kappa shape index (κ2) is 6.49. The molecule has 0 atom stereocenters. The second-order valence-electron chi connectivity index (χ2n) is 5.25. The molecule has 0 aliphatic carbocycles. The van der Waals surface area contributed by atoms with Gasteiger partial charge in [0.05, 0.1) is 15.3 Å². The molecule has 0 saturated heterocycles. The predicted molar refractivity (Wildman–Crippen MR) is 88.8 cm³/mol. The number of aromatic nitrogens is 1. The third-order valence-electron chi connectivity index (χ3n) is 3.53. The first kappa shape index (κ1) is 16.9. The number of benzene rings is 2. The van der Waals surface area contributed by atoms with Crippen LogP contribution in [0.3, 0.4) is 0 Å². The minimum absolute atomic E-state index is 0.0958. The second-order valence-corrected chi connectivity index (χ2v) is 7.01. The molecule has 25 heavy (non-hydrogen) atoms. The van der Waals surface area contributed by atoms with Gasteiger partial charge in [-0.2, -0.15) is 0 Å². The molecule has 10 heteroatoms. The number of aromatic amines is 1. The summed E-state index contributed by atoms with van der Waals surface area (Å²) in [5.74, 6) is -0.557. The molecule has 0 bridgehead atoms. The highest BCUT2D eigenvalue weighted by molar-refractivity contribution is 7.89. The Morgan fingerprint density at radius 2 is 2.00 bits per heavy atom. The van der Waals surface area contributed by atoms with Gasteiger partial charge in [-0.25, -0.2) is 17.9 Å². The van der Waals surface area contributed by atoms with E-state index >= 15 is 0 Å². The largest absolute Gasteiger partial charge is 0.417 e. The van der Waals surface area contributed by atoms with Crippen molar-refractivity contribution in [2.45, 2.75) is 11.3 Å². The molecule has 3 aromatic rings. The molecule has 0 spiro atoms. The molecule has 0 saturated carbocycles. The summed E-state index contributed by atoms with van der Waals surface area (Å²) in [6, 6.07) is 9.87. The number of hydrogen-bond acceptors (Lipinski definition) is 6. The maximum absolute atomic E-state index is 12.2. The molecule has 130 valence electrons. The monoisotopic (exact) mass is 363 g/mol. The highest BCUT2D eigenvalue weighted by Gasteiger charge is 2.17. The maximum atomic E-state index is 12.2. The third-order valence-corrected chi connectivity index (χ3v) is 4.99. The van der Waals surface area contributed by atoms with E-state index in [-0.39, 0.29) is 17.1 Å². The maximum Gasteiger partial charge on any atom is 0.417 e. The fourth-order valence-corrected chi connectivity index (χ4v) is 3.40. The van der Waals surface area contributed by atoms with Gasteiger partial charge in [-0.15, -0.1) is 0 Å². The number of hydrogen-bond donors (Lipinski definition) is 2. The van der Waals surface area contributed by atoms with Crippen molar-refractivity contribution in [3.63, 3.8) is 0 Å². The molecule has 0 unspecified atom stereocenters. The van der Waals surface area contributed by atoms with E-state index < -0.39 is 20.7 Å². The fraction of sp³-hybridized carbons (Fsp3) is 0.133. The first-order chi connectivity index (χ1) is 11.8. The quantitative estimate of drug-likeness (QED) is 0.504. The van der Waals surface area contributed by atoms with Crippen molar-refractivity contribution in [1.82, 2.24) is 9.71 Å². The van der Waals surface area contributed by atoms with Gasteiger partial charge in [0.1, 0.15) is 0 Å². The van der Waals surface area contributed by atoms with Gasteiger partial charge in [0.25, 0.3) is 5.69 Å². The summed E-state index contributed by atoms with van der Waals surface area (Å²) in [6.45, 7) is 0.0958. The van der Waals surface area contributed by atoms with Crippen LogP contribution in [0.15, 0.2) is 56.6 Å². The zero-order valence-electron chi connectivity index (χ0n) is 12.8. The number of non-ortho nitro benzene ring substituents is 1. The van der Waals surface area contributed by atoms with Gasteiger partial charge in [0.2, 0.25) is 10.0 Å². The molecule has 2 N–H and O–H groups in total. The number of nitrogens with zero attached hydrogens (tertiary/aromatic N) is 1. The number of H-pyrrole nitrogens is 1. The molecule has 0 radical (unpaired) electrons. The Bertz CT molecular complexity index is 1100. The van der Waals surface area contributed by atoms with Crippen LogP contribution in [0.5, 0.6) is 0 Å². The minimum atomic E-state index is -3.86. The number of nitro benzene ring substituents is 1. The molecule has 2 aromatic carbocycles. The highest BCUT2D eigenvalue weighted by atomic mass is 32.2. The van der Waals surface area contributed by atoms with E-state index in [9.17, 15) is 23.3 Å². The molecular weight excluding hydrogens is 350 g/mol. The summed E-state index contributed by atoms with van der Waals surface area (Å²) in [6.07, 6.45) is 0.372. The average molecular weight is 363 g/mol. The Morgan fingerprint density at radius 1 is 1.20 bits per heavy atom. The Kier molecular flexibility index (Phi) is 4.38. The fourth-order valence-electron chi connectivity index (χ4n) is 2.33. The molecule has 0 aliphatic rings. The van der Waals surface area contributed by atoms with Crippen LogP contribution in [0.1, 0.15) is 5.56 Å². The topological polar surface area (TPSA) is 135 Å². The van der Waals surface area contributed by atoms with Crippen molar-refractivity contribution in [3.05, 3.63) is 68.7 Å². The van der Waals surface area contributed by atoms with Gasteiger partial charge >= 0.3 is 5.76 Å². The van der Waals surface area contributed by atoms with Crippen LogP contribution in [-0.2, 0) is 16.4 Å². The lowest BCUT2D eigenvalue weighted by Gasteiger charge is -2.07. The van der Waals surface area contributed by atoms with Crippen LogP contribution in [-0.4, -0.2) is 24.9 Å². The van der Waals surface area contributed by atoms with Crippen LogP contribution in [0.2, 0.25) is 0 Å². The van der Waals surface area contributed by atoms with E-state index in [0.717, 1.165) is 11.6 Å². The Hall–Kier alpha value is -2.98. The predicted octanol–water partition coefficient (Wildman–Crippen LogP) is 1.55. The number of oxazole rings is 1. The van der Waals surface area contributed by atoms with Crippen LogP contribution in [0, 0.1) is 10.1 Å². The van der Waals surface area contributed by atoms with Gasteiger partial charge in [0, 0.05) is 18.7 Å². The molecule has 0 aliphatic heterocycles. The van der Waals surface area contributed by atoms with E-state index in [0.29, 0.717) is 17.5 Å². The summed E-state index contributed by atoms with van der Waals surface area (Å²) in [5, 5.41) is 10.7. The normalized spacial score (nSPS) is 11.7. The van der Waals surface area contributed by atoms with Gasteiger partial charge in [0.15, 0.2) is 5.58 Å². The zero-order chi connectivity index (χ0) is 18.0. The standard InChI is InChI=1S/C15H13N3O6S/c19-15-17-13-8-10(4-5-14(13)24-15)6-7-16-25(22,23)12-3-1-2-11(9-12)18(20)21/h1-5,8-9,16H,6-7H2,(H,17,19). The number of nitrogens with one attached hydrogen (secondary N) is 2. The van der Waals surface area contributed by atoms with Crippen LogP contribution in [0.25, 0.3) is 11.1 Å². The first-order valence-corrected chi connectivity index (χ1v) is 8.69. The molecule has 0 fully saturated rings. The summed E-state index contributed by atoms with van der Waals surface area (Å²) in [5.41, 5.74) is 1.46. The van der Waals surface area contributed by atoms with Crippen molar-refractivity contribution < 1.29 is 17.8 Å². The summed E-state index contributed by atoms with van der Waals surface area (Å²) >= 11 is 0. The summed E-state index contributed by atoms with van der Waals surface area (Å²) in [4.78, 5) is 23.6. The van der Waals surface area contributed by atoms with E-state index in [4.69, 9.17) is 4.42 Å². The van der Waals surface area contributed by atoms with Gasteiger partial charge < -0.3 is 4.42 Å². The Labute approximate surface area is 141 Å².